The Morgan fingerprint density at radius 3 is 2.33 bits per heavy atom. The third-order valence-electron chi connectivity index (χ3n) is 3.62. The van der Waals surface area contributed by atoms with E-state index in [0.717, 1.165) is 18.8 Å². The fraction of sp³-hybridized carbons (Fsp3) is 0.333. The molecule has 0 radical (unpaired) electrons. The van der Waals surface area contributed by atoms with Crippen molar-refractivity contribution in [2.24, 2.45) is 0 Å². The first-order chi connectivity index (χ1) is 10.2. The summed E-state index contributed by atoms with van der Waals surface area (Å²) in [4.78, 5) is 10.4. The van der Waals surface area contributed by atoms with Crippen LogP contribution in [0.1, 0.15) is 19.3 Å². The van der Waals surface area contributed by atoms with Crippen molar-refractivity contribution in [2.45, 2.75) is 19.3 Å². The predicted octanol–water partition coefficient (Wildman–Crippen LogP) is 2.37. The number of nitrogens with one attached hydrogen (secondary N) is 1. The average Bonchev–Trinajstić information content (AvgIpc) is 2.48. The van der Waals surface area contributed by atoms with Crippen LogP contribution < -0.4 is 21.7 Å². The number of benzene rings is 1. The molecule has 6 heteroatoms. The van der Waals surface area contributed by atoms with Crippen LogP contribution in [-0.2, 0) is 0 Å². The Kier molecular flexibility index (Phi) is 3.77. The summed E-state index contributed by atoms with van der Waals surface area (Å²) in [5.41, 5.74) is 13.5. The summed E-state index contributed by atoms with van der Waals surface area (Å²) in [7, 11) is 0. The highest BCUT2D eigenvalue weighted by Crippen LogP contribution is 2.23. The fourth-order valence-electron chi connectivity index (χ4n) is 2.60. The molecule has 3 rings (SSSR count). The van der Waals surface area contributed by atoms with Crippen LogP contribution in [0.15, 0.2) is 30.3 Å². The van der Waals surface area contributed by atoms with Gasteiger partial charge in [-0.05, 0) is 43.5 Å². The van der Waals surface area contributed by atoms with Crippen molar-refractivity contribution in [2.75, 3.05) is 34.8 Å². The van der Waals surface area contributed by atoms with E-state index in [-0.39, 0.29) is 5.95 Å². The highest BCUT2D eigenvalue weighted by molar-refractivity contribution is 5.63. The normalized spacial score (nSPS) is 15.0. The number of piperidine rings is 1. The van der Waals surface area contributed by atoms with Gasteiger partial charge in [0.25, 0.3) is 0 Å². The van der Waals surface area contributed by atoms with Gasteiger partial charge in [-0.1, -0.05) is 0 Å². The van der Waals surface area contributed by atoms with Crippen LogP contribution in [-0.4, -0.2) is 23.1 Å². The van der Waals surface area contributed by atoms with Crippen LogP contribution in [0.2, 0.25) is 0 Å². The van der Waals surface area contributed by atoms with Crippen LogP contribution in [0.5, 0.6) is 0 Å². The quantitative estimate of drug-likeness (QED) is 0.801. The first-order valence-corrected chi connectivity index (χ1v) is 7.23. The topological polar surface area (TPSA) is 93.1 Å². The molecule has 2 heterocycles. The minimum absolute atomic E-state index is 0.169. The largest absolute Gasteiger partial charge is 0.383 e. The molecule has 6 nitrogen and oxygen atoms in total. The zero-order chi connectivity index (χ0) is 14.7. The lowest BCUT2D eigenvalue weighted by atomic mass is 10.1. The minimum atomic E-state index is 0.169. The number of nitrogens with two attached hydrogens (primary N) is 2. The van der Waals surface area contributed by atoms with Crippen molar-refractivity contribution in [3.05, 3.63) is 30.3 Å². The van der Waals surface area contributed by atoms with Gasteiger partial charge < -0.3 is 21.7 Å². The van der Waals surface area contributed by atoms with Gasteiger partial charge in [0, 0.05) is 30.5 Å². The first-order valence-electron chi connectivity index (χ1n) is 7.23. The van der Waals surface area contributed by atoms with Gasteiger partial charge in [0.1, 0.15) is 11.6 Å². The van der Waals surface area contributed by atoms with Crippen molar-refractivity contribution in [1.29, 1.82) is 0 Å². The third kappa shape index (κ3) is 3.34. The van der Waals surface area contributed by atoms with Crippen molar-refractivity contribution < 1.29 is 0 Å². The van der Waals surface area contributed by atoms with E-state index >= 15 is 0 Å². The molecular weight excluding hydrogens is 264 g/mol. The number of nitrogen functional groups attached to an aromatic ring is 2. The predicted molar refractivity (Wildman–Crippen MR) is 86.6 cm³/mol. The molecule has 1 aliphatic heterocycles. The van der Waals surface area contributed by atoms with Gasteiger partial charge in [-0.25, -0.2) is 0 Å². The van der Waals surface area contributed by atoms with Crippen LogP contribution in [0.25, 0.3) is 0 Å². The second-order valence-corrected chi connectivity index (χ2v) is 5.26. The second kappa shape index (κ2) is 5.87. The summed E-state index contributed by atoms with van der Waals surface area (Å²) in [5, 5.41) is 3.19. The Labute approximate surface area is 124 Å². The number of aromatic nitrogens is 2. The molecule has 21 heavy (non-hydrogen) atoms. The van der Waals surface area contributed by atoms with Gasteiger partial charge in [-0.2, -0.15) is 9.97 Å². The zero-order valence-corrected chi connectivity index (χ0v) is 11.9. The molecule has 0 unspecified atom stereocenters. The standard InChI is InChI=1S/C15H20N6/c16-13-10-14(20-15(17)19-13)18-11-4-6-12(7-5-11)21-8-2-1-3-9-21/h4-7,10H,1-3,8-9H2,(H5,16,17,18,19,20). The van der Waals surface area contributed by atoms with Crippen LogP contribution in [0.3, 0.4) is 0 Å². The number of hydrogen-bond acceptors (Lipinski definition) is 6. The Morgan fingerprint density at radius 2 is 1.67 bits per heavy atom. The maximum atomic E-state index is 5.66. The summed E-state index contributed by atoms with van der Waals surface area (Å²) in [6.45, 7) is 2.29. The molecule has 1 saturated heterocycles. The van der Waals surface area contributed by atoms with Crippen molar-refractivity contribution in [1.82, 2.24) is 9.97 Å². The minimum Gasteiger partial charge on any atom is -0.383 e. The van der Waals surface area contributed by atoms with E-state index in [4.69, 9.17) is 11.5 Å². The van der Waals surface area contributed by atoms with Crippen LogP contribution >= 0.6 is 0 Å². The fourth-order valence-corrected chi connectivity index (χ4v) is 2.60. The summed E-state index contributed by atoms with van der Waals surface area (Å²) in [6.07, 6.45) is 3.89. The van der Waals surface area contributed by atoms with Crippen LogP contribution in [0.4, 0.5) is 29.0 Å². The van der Waals surface area contributed by atoms with E-state index in [1.54, 1.807) is 6.07 Å². The summed E-state index contributed by atoms with van der Waals surface area (Å²) < 4.78 is 0. The monoisotopic (exact) mass is 284 g/mol. The van der Waals surface area contributed by atoms with Gasteiger partial charge in [0.05, 0.1) is 0 Å². The smallest absolute Gasteiger partial charge is 0.223 e. The van der Waals surface area contributed by atoms with E-state index in [1.165, 1.54) is 24.9 Å². The summed E-state index contributed by atoms with van der Waals surface area (Å²) >= 11 is 0. The number of nitrogens with zero attached hydrogens (tertiary/aromatic N) is 3. The average molecular weight is 284 g/mol. The Morgan fingerprint density at radius 1 is 0.952 bits per heavy atom. The molecule has 1 aliphatic rings. The molecule has 5 N–H and O–H groups in total. The zero-order valence-electron chi connectivity index (χ0n) is 11.9. The van der Waals surface area contributed by atoms with Crippen molar-refractivity contribution in [3.63, 3.8) is 0 Å². The maximum Gasteiger partial charge on any atom is 0.223 e. The molecule has 1 fully saturated rings. The first kappa shape index (κ1) is 13.5. The molecule has 2 aromatic rings. The Bertz CT molecular complexity index is 584. The number of anilines is 5. The molecule has 1 aromatic carbocycles. The SMILES string of the molecule is Nc1cc(Nc2ccc(N3CCCCC3)cc2)nc(N)n1. The highest BCUT2D eigenvalue weighted by Gasteiger charge is 2.10. The lowest BCUT2D eigenvalue weighted by Gasteiger charge is -2.28. The molecule has 0 amide bonds. The van der Waals surface area contributed by atoms with Crippen LogP contribution in [0, 0.1) is 0 Å². The Balaban J connectivity index is 1.71. The lowest BCUT2D eigenvalue weighted by molar-refractivity contribution is 0.578. The van der Waals surface area contributed by atoms with Crippen molar-refractivity contribution in [3.8, 4) is 0 Å². The molecule has 0 aliphatic carbocycles. The third-order valence-corrected chi connectivity index (χ3v) is 3.62. The molecule has 0 bridgehead atoms. The Hall–Kier alpha value is -2.50. The molecule has 1 aromatic heterocycles. The van der Waals surface area contributed by atoms with Crippen molar-refractivity contribution >= 4 is 29.0 Å². The van der Waals surface area contributed by atoms with E-state index in [1.807, 2.05) is 12.1 Å². The molecular formula is C15H20N6. The molecule has 0 spiro atoms. The maximum absolute atomic E-state index is 5.66. The number of hydrogen-bond donors (Lipinski definition) is 3. The van der Waals surface area contributed by atoms with E-state index in [0.29, 0.717) is 11.6 Å². The van der Waals surface area contributed by atoms with Gasteiger partial charge in [0.2, 0.25) is 5.95 Å². The van der Waals surface area contributed by atoms with E-state index < -0.39 is 0 Å². The van der Waals surface area contributed by atoms with E-state index in [9.17, 15) is 0 Å². The molecule has 110 valence electrons. The van der Waals surface area contributed by atoms with E-state index in [2.05, 4.69) is 32.3 Å². The summed E-state index contributed by atoms with van der Waals surface area (Å²) in [6, 6.07) is 9.99. The van der Waals surface area contributed by atoms with Gasteiger partial charge in [-0.3, -0.25) is 0 Å². The van der Waals surface area contributed by atoms with Gasteiger partial charge >= 0.3 is 0 Å². The summed E-state index contributed by atoms with van der Waals surface area (Å²) in [5.74, 6) is 1.13. The second-order valence-electron chi connectivity index (χ2n) is 5.26. The number of rotatable bonds is 3. The van der Waals surface area contributed by atoms with Gasteiger partial charge in [0.15, 0.2) is 0 Å². The molecule has 0 atom stereocenters. The van der Waals surface area contributed by atoms with Gasteiger partial charge in [-0.15, -0.1) is 0 Å². The molecule has 0 saturated carbocycles. The lowest BCUT2D eigenvalue weighted by Crippen LogP contribution is -2.29. The highest BCUT2D eigenvalue weighted by atomic mass is 15.1.